The fraction of sp³-hybridized carbons (Fsp3) is 0.846. The van der Waals surface area contributed by atoms with Crippen molar-refractivity contribution in [3.63, 3.8) is 0 Å². The number of hydrogen-bond acceptors (Lipinski definition) is 5. The second-order valence-corrected chi connectivity index (χ2v) is 11.8. The van der Waals surface area contributed by atoms with Crippen LogP contribution in [0.4, 0.5) is 4.79 Å². The third-order valence-electron chi connectivity index (χ3n) is 7.42. The molecular weight excluding hydrogens is 462 g/mol. The lowest BCUT2D eigenvalue weighted by Crippen LogP contribution is -2.57. The van der Waals surface area contributed by atoms with Crippen LogP contribution >= 0.6 is 12.2 Å². The Morgan fingerprint density at radius 2 is 1.86 bits per heavy atom. The van der Waals surface area contributed by atoms with Gasteiger partial charge in [-0.15, -0.1) is 0 Å². The van der Waals surface area contributed by atoms with Gasteiger partial charge in [0.2, 0.25) is 5.91 Å². The van der Waals surface area contributed by atoms with Crippen molar-refractivity contribution in [1.82, 2.24) is 15.5 Å². The van der Waals surface area contributed by atoms with Crippen LogP contribution in [0.3, 0.4) is 0 Å². The third kappa shape index (κ3) is 8.62. The maximum absolute atomic E-state index is 13.2. The van der Waals surface area contributed by atoms with Gasteiger partial charge in [-0.3, -0.25) is 10.2 Å². The molecule has 1 saturated carbocycles. The molecule has 0 aromatic heterocycles. The molecular formula is C26H47N5O3S. The highest BCUT2D eigenvalue weighted by atomic mass is 32.1. The lowest BCUT2D eigenvalue weighted by atomic mass is 9.79. The fourth-order valence-electron chi connectivity index (χ4n) is 5.29. The number of rotatable bonds is 11. The fourth-order valence-corrected chi connectivity index (χ4v) is 5.89. The Labute approximate surface area is 217 Å². The van der Waals surface area contributed by atoms with Crippen molar-refractivity contribution in [1.29, 1.82) is 5.41 Å². The van der Waals surface area contributed by atoms with Crippen molar-refractivity contribution < 1.29 is 14.3 Å². The van der Waals surface area contributed by atoms with Crippen LogP contribution in [-0.4, -0.2) is 59.5 Å². The Bertz CT molecular complexity index is 749. The molecule has 200 valence electrons. The van der Waals surface area contributed by atoms with E-state index in [9.17, 15) is 9.59 Å². The average molecular weight is 510 g/mol. The Morgan fingerprint density at radius 1 is 1.20 bits per heavy atom. The average Bonchev–Trinajstić information content (AvgIpc) is 3.29. The summed E-state index contributed by atoms with van der Waals surface area (Å²) >= 11 is 5.94. The highest BCUT2D eigenvalue weighted by molar-refractivity contribution is 7.80. The summed E-state index contributed by atoms with van der Waals surface area (Å²) < 4.78 is 5.39. The number of nitrogens with one attached hydrogen (secondary N) is 3. The molecule has 0 aromatic carbocycles. The van der Waals surface area contributed by atoms with Crippen molar-refractivity contribution in [2.75, 3.05) is 19.7 Å². The maximum atomic E-state index is 13.2. The zero-order valence-corrected chi connectivity index (χ0v) is 23.1. The molecule has 1 heterocycles. The molecule has 5 N–H and O–H groups in total. The number of thiocarbonyl (C=S) groups is 1. The van der Waals surface area contributed by atoms with Gasteiger partial charge in [0.1, 0.15) is 11.0 Å². The molecule has 0 bridgehead atoms. The van der Waals surface area contributed by atoms with E-state index in [0.29, 0.717) is 30.6 Å². The predicted octanol–water partition coefficient (Wildman–Crippen LogP) is 4.21. The molecule has 2 atom stereocenters. The molecule has 1 aliphatic heterocycles. The highest BCUT2D eigenvalue weighted by Crippen LogP contribution is 2.32. The van der Waals surface area contributed by atoms with Crippen molar-refractivity contribution in [3.8, 4) is 0 Å². The van der Waals surface area contributed by atoms with Crippen molar-refractivity contribution in [2.45, 2.75) is 98.1 Å². The van der Waals surface area contributed by atoms with Gasteiger partial charge in [-0.2, -0.15) is 0 Å². The van der Waals surface area contributed by atoms with Crippen molar-refractivity contribution in [2.24, 2.45) is 28.9 Å². The number of carbonyl (C=O) groups is 2. The molecule has 0 aromatic rings. The molecule has 0 radical (unpaired) electrons. The summed E-state index contributed by atoms with van der Waals surface area (Å²) in [5.41, 5.74) is 5.38. The van der Waals surface area contributed by atoms with E-state index < -0.39 is 12.1 Å². The SMILES string of the molecule is CCCC(C)(C)[C@H](NC(=O)OCC(C)C)C(=S)N1CCC[C@H]1C(=O)NCC1CCC(C(=N)N)CC1. The minimum absolute atomic E-state index is 0.00738. The van der Waals surface area contributed by atoms with Crippen LogP contribution in [0.1, 0.15) is 86.0 Å². The molecule has 2 fully saturated rings. The van der Waals surface area contributed by atoms with Gasteiger partial charge in [0.15, 0.2) is 0 Å². The number of nitrogens with zero attached hydrogens (tertiary/aromatic N) is 1. The van der Waals surface area contributed by atoms with Crippen LogP contribution < -0.4 is 16.4 Å². The number of nitrogens with two attached hydrogens (primary N) is 1. The molecule has 2 amide bonds. The van der Waals surface area contributed by atoms with Crippen LogP contribution in [0.5, 0.6) is 0 Å². The number of amidine groups is 1. The monoisotopic (exact) mass is 509 g/mol. The molecule has 35 heavy (non-hydrogen) atoms. The van der Waals surface area contributed by atoms with Gasteiger partial charge in [0.25, 0.3) is 0 Å². The topological polar surface area (TPSA) is 121 Å². The van der Waals surface area contributed by atoms with E-state index in [0.717, 1.165) is 51.4 Å². The van der Waals surface area contributed by atoms with E-state index in [1.165, 1.54) is 0 Å². The van der Waals surface area contributed by atoms with Crippen LogP contribution in [0.15, 0.2) is 0 Å². The first-order valence-electron chi connectivity index (χ1n) is 13.3. The Balaban J connectivity index is 2.02. The van der Waals surface area contributed by atoms with E-state index in [1.807, 2.05) is 18.7 Å². The minimum atomic E-state index is -0.461. The first-order valence-corrected chi connectivity index (χ1v) is 13.7. The number of likely N-dealkylation sites (tertiary alicyclic amines) is 1. The van der Waals surface area contributed by atoms with E-state index in [1.54, 1.807) is 0 Å². The van der Waals surface area contributed by atoms with Gasteiger partial charge in [-0.05, 0) is 62.2 Å². The number of hydrogen-bond donors (Lipinski definition) is 4. The molecule has 0 spiro atoms. The van der Waals surface area contributed by atoms with Crippen molar-refractivity contribution in [3.05, 3.63) is 0 Å². The smallest absolute Gasteiger partial charge is 0.407 e. The number of ether oxygens (including phenoxy) is 1. The molecule has 1 aliphatic carbocycles. The van der Waals surface area contributed by atoms with Crippen LogP contribution in [0.25, 0.3) is 0 Å². The number of alkyl carbamates (subject to hydrolysis) is 1. The van der Waals surface area contributed by atoms with Gasteiger partial charge in [0.05, 0.1) is 18.5 Å². The molecule has 1 saturated heterocycles. The molecule has 8 nitrogen and oxygen atoms in total. The summed E-state index contributed by atoms with van der Waals surface area (Å²) in [6, 6.07) is -0.711. The maximum Gasteiger partial charge on any atom is 0.407 e. The Morgan fingerprint density at radius 3 is 2.43 bits per heavy atom. The predicted molar refractivity (Wildman–Crippen MR) is 144 cm³/mol. The molecule has 0 unspecified atom stereocenters. The van der Waals surface area contributed by atoms with E-state index in [4.69, 9.17) is 28.1 Å². The van der Waals surface area contributed by atoms with Gasteiger partial charge in [0, 0.05) is 19.0 Å². The van der Waals surface area contributed by atoms with E-state index in [2.05, 4.69) is 31.4 Å². The first-order chi connectivity index (χ1) is 16.5. The van der Waals surface area contributed by atoms with Crippen LogP contribution in [0, 0.1) is 28.6 Å². The molecule has 2 rings (SSSR count). The minimum Gasteiger partial charge on any atom is -0.449 e. The summed E-state index contributed by atoms with van der Waals surface area (Å²) in [5.74, 6) is 1.15. The highest BCUT2D eigenvalue weighted by Gasteiger charge is 2.41. The molecule has 2 aliphatic rings. The van der Waals surface area contributed by atoms with E-state index in [-0.39, 0.29) is 35.0 Å². The Kier molecular flexibility index (Phi) is 11.2. The Hall–Kier alpha value is -1.90. The standard InChI is InChI=1S/C26H47N5O3S/c1-6-13-26(4,5)21(30-25(33)34-16-17(2)3)24(35)31-14-7-8-20(31)23(32)29-15-18-9-11-19(12-10-18)22(27)28/h17-21H,6-16H2,1-5H3,(H3,27,28)(H,29,32)(H,30,33)/t18?,19?,20-,21+/m0/s1. The summed E-state index contributed by atoms with van der Waals surface area (Å²) in [7, 11) is 0. The van der Waals surface area contributed by atoms with Gasteiger partial charge in [-0.1, -0.05) is 53.3 Å². The normalized spacial score (nSPS) is 23.6. The second kappa shape index (κ2) is 13.4. The lowest BCUT2D eigenvalue weighted by molar-refractivity contribution is -0.124. The third-order valence-corrected chi connectivity index (χ3v) is 7.89. The first kappa shape index (κ1) is 29.3. The second-order valence-electron chi connectivity index (χ2n) is 11.4. The largest absolute Gasteiger partial charge is 0.449 e. The summed E-state index contributed by atoms with van der Waals surface area (Å²) in [6.45, 7) is 12.0. The van der Waals surface area contributed by atoms with Gasteiger partial charge < -0.3 is 26.0 Å². The van der Waals surface area contributed by atoms with E-state index >= 15 is 0 Å². The van der Waals surface area contributed by atoms with Crippen molar-refractivity contribution >= 4 is 35.0 Å². The zero-order chi connectivity index (χ0) is 26.2. The lowest BCUT2D eigenvalue weighted by Gasteiger charge is -2.39. The van der Waals surface area contributed by atoms with Gasteiger partial charge in [-0.25, -0.2) is 4.79 Å². The summed E-state index contributed by atoms with van der Waals surface area (Å²) in [6.07, 6.45) is 6.82. The summed E-state index contributed by atoms with van der Waals surface area (Å²) in [4.78, 5) is 28.4. The zero-order valence-electron chi connectivity index (χ0n) is 22.3. The summed E-state index contributed by atoms with van der Waals surface area (Å²) in [5, 5.41) is 13.8. The number of carbonyl (C=O) groups excluding carboxylic acids is 2. The van der Waals surface area contributed by atoms with Crippen LogP contribution in [-0.2, 0) is 9.53 Å². The van der Waals surface area contributed by atoms with Gasteiger partial charge >= 0.3 is 6.09 Å². The van der Waals surface area contributed by atoms with Crippen LogP contribution in [0.2, 0.25) is 0 Å². The molecule has 9 heteroatoms. The number of amides is 2. The quantitative estimate of drug-likeness (QED) is 0.188.